The third kappa shape index (κ3) is 4.67. The number of carbonyl (C=O) groups is 2. The number of benzene rings is 1. The molecule has 0 bridgehead atoms. The Hall–Kier alpha value is -2.54. The fraction of sp³-hybridized carbons (Fsp3) is 0.643. The maximum atomic E-state index is 13.8. The van der Waals surface area contributed by atoms with Crippen LogP contribution in [0.4, 0.5) is 0 Å². The minimum Gasteiger partial charge on any atom is -0.490 e. The number of nitrogens with zero attached hydrogens (tertiary/aromatic N) is 1. The highest BCUT2D eigenvalue weighted by atomic mass is 16.5. The molecule has 3 aliphatic heterocycles. The highest BCUT2D eigenvalue weighted by Crippen LogP contribution is 2.48. The van der Waals surface area contributed by atoms with Gasteiger partial charge in [-0.25, -0.2) is 0 Å². The van der Waals surface area contributed by atoms with Gasteiger partial charge in [-0.3, -0.25) is 9.59 Å². The van der Waals surface area contributed by atoms with E-state index < -0.39 is 6.04 Å². The van der Waals surface area contributed by atoms with Gasteiger partial charge in [-0.2, -0.15) is 0 Å². The van der Waals surface area contributed by atoms with Crippen LogP contribution in [-0.4, -0.2) is 55.2 Å². The van der Waals surface area contributed by atoms with E-state index in [1.165, 1.54) is 0 Å². The smallest absolute Gasteiger partial charge is 0.290 e. The lowest BCUT2D eigenvalue weighted by atomic mass is 9.77. The van der Waals surface area contributed by atoms with E-state index in [0.29, 0.717) is 43.4 Å². The van der Waals surface area contributed by atoms with Crippen molar-refractivity contribution in [3.8, 4) is 11.5 Å². The van der Waals surface area contributed by atoms with Gasteiger partial charge in [0.2, 0.25) is 0 Å². The van der Waals surface area contributed by atoms with Crippen LogP contribution >= 0.6 is 0 Å². The van der Waals surface area contributed by atoms with E-state index in [1.54, 1.807) is 4.90 Å². The van der Waals surface area contributed by atoms with E-state index in [2.05, 4.69) is 6.92 Å². The second-order valence-corrected chi connectivity index (χ2v) is 9.99. The molecule has 0 aromatic heterocycles. The second kappa shape index (κ2) is 10.6. The SMILES string of the molecule is CCCCOc1ccc(C2C3=C(OC4CCCCC4C3=O)C(=O)N2CC2CCCO2)cc1OCC. The largest absolute Gasteiger partial charge is 0.490 e. The second-order valence-electron chi connectivity index (χ2n) is 9.99. The van der Waals surface area contributed by atoms with Gasteiger partial charge in [-0.05, 0) is 63.1 Å². The van der Waals surface area contributed by atoms with Crippen molar-refractivity contribution in [2.24, 2.45) is 5.92 Å². The van der Waals surface area contributed by atoms with Crippen molar-refractivity contribution in [2.75, 3.05) is 26.4 Å². The lowest BCUT2D eigenvalue weighted by Gasteiger charge is -2.35. The molecule has 0 N–H and O–H groups in total. The molecule has 2 fully saturated rings. The van der Waals surface area contributed by atoms with Gasteiger partial charge in [-0.15, -0.1) is 0 Å². The lowest BCUT2D eigenvalue weighted by Crippen LogP contribution is -2.39. The molecule has 4 aliphatic rings. The number of amides is 1. The molecule has 190 valence electrons. The molecule has 4 unspecified atom stereocenters. The number of ketones is 1. The van der Waals surface area contributed by atoms with Gasteiger partial charge >= 0.3 is 0 Å². The third-order valence-electron chi connectivity index (χ3n) is 7.62. The predicted octanol–water partition coefficient (Wildman–Crippen LogP) is 4.74. The highest BCUT2D eigenvalue weighted by molar-refractivity contribution is 6.11. The zero-order valence-corrected chi connectivity index (χ0v) is 20.9. The van der Waals surface area contributed by atoms with E-state index in [-0.39, 0.29) is 35.6 Å². The van der Waals surface area contributed by atoms with Crippen LogP contribution in [0.3, 0.4) is 0 Å². The van der Waals surface area contributed by atoms with Crippen molar-refractivity contribution in [3.05, 3.63) is 35.1 Å². The minimum atomic E-state index is -0.499. The molecule has 7 heteroatoms. The Morgan fingerprint density at radius 1 is 1.03 bits per heavy atom. The molecule has 1 amide bonds. The van der Waals surface area contributed by atoms with Crippen molar-refractivity contribution in [3.63, 3.8) is 0 Å². The molecule has 1 aromatic carbocycles. The molecule has 0 radical (unpaired) electrons. The van der Waals surface area contributed by atoms with Crippen molar-refractivity contribution >= 4 is 11.7 Å². The Morgan fingerprint density at radius 2 is 1.89 bits per heavy atom. The minimum absolute atomic E-state index is 0.0248. The molecule has 1 saturated carbocycles. The van der Waals surface area contributed by atoms with Crippen LogP contribution in [0.2, 0.25) is 0 Å². The first-order valence-corrected chi connectivity index (χ1v) is 13.4. The Labute approximate surface area is 207 Å². The average Bonchev–Trinajstić information content (AvgIpc) is 3.48. The van der Waals surface area contributed by atoms with Crippen LogP contribution in [0.25, 0.3) is 0 Å². The summed E-state index contributed by atoms with van der Waals surface area (Å²) in [5.41, 5.74) is 1.36. The zero-order valence-electron chi connectivity index (χ0n) is 20.9. The highest BCUT2D eigenvalue weighted by Gasteiger charge is 2.52. The van der Waals surface area contributed by atoms with E-state index in [0.717, 1.165) is 56.9 Å². The summed E-state index contributed by atoms with van der Waals surface area (Å²) in [6.45, 7) is 6.34. The number of fused-ring (bicyclic) bond motifs is 1. The van der Waals surface area contributed by atoms with Gasteiger partial charge in [0.1, 0.15) is 6.10 Å². The number of hydrogen-bond acceptors (Lipinski definition) is 6. The summed E-state index contributed by atoms with van der Waals surface area (Å²) in [7, 11) is 0. The Morgan fingerprint density at radius 3 is 2.66 bits per heavy atom. The summed E-state index contributed by atoms with van der Waals surface area (Å²) < 4.78 is 24.1. The molecule has 0 spiro atoms. The maximum absolute atomic E-state index is 13.8. The van der Waals surface area contributed by atoms with Gasteiger partial charge in [0.15, 0.2) is 23.0 Å². The van der Waals surface area contributed by atoms with Gasteiger partial charge < -0.3 is 23.8 Å². The van der Waals surface area contributed by atoms with Crippen LogP contribution in [0.5, 0.6) is 11.5 Å². The van der Waals surface area contributed by atoms with Crippen LogP contribution < -0.4 is 9.47 Å². The lowest BCUT2D eigenvalue weighted by molar-refractivity contribution is -0.136. The molecule has 7 nitrogen and oxygen atoms in total. The molecule has 3 heterocycles. The monoisotopic (exact) mass is 483 g/mol. The van der Waals surface area contributed by atoms with Gasteiger partial charge in [0.25, 0.3) is 5.91 Å². The molecule has 1 aromatic rings. The van der Waals surface area contributed by atoms with Crippen molar-refractivity contribution in [1.29, 1.82) is 0 Å². The Balaban J connectivity index is 1.52. The number of ether oxygens (including phenoxy) is 4. The number of unbranched alkanes of at least 4 members (excludes halogenated alkanes) is 1. The topological polar surface area (TPSA) is 74.3 Å². The maximum Gasteiger partial charge on any atom is 0.290 e. The van der Waals surface area contributed by atoms with E-state index in [9.17, 15) is 9.59 Å². The van der Waals surface area contributed by atoms with Crippen molar-refractivity contribution < 1.29 is 28.5 Å². The van der Waals surface area contributed by atoms with Crippen molar-refractivity contribution in [1.82, 2.24) is 4.90 Å². The van der Waals surface area contributed by atoms with Gasteiger partial charge in [-0.1, -0.05) is 25.8 Å². The number of hydrogen-bond donors (Lipinski definition) is 0. The van der Waals surface area contributed by atoms with Crippen LogP contribution in [0, 0.1) is 5.92 Å². The summed E-state index contributed by atoms with van der Waals surface area (Å²) in [6, 6.07) is 5.30. The molecule has 35 heavy (non-hydrogen) atoms. The van der Waals surface area contributed by atoms with Gasteiger partial charge in [0.05, 0.1) is 36.9 Å². The third-order valence-corrected chi connectivity index (χ3v) is 7.62. The summed E-state index contributed by atoms with van der Waals surface area (Å²) >= 11 is 0. The van der Waals surface area contributed by atoms with E-state index in [4.69, 9.17) is 18.9 Å². The molecule has 1 aliphatic carbocycles. The fourth-order valence-electron chi connectivity index (χ4n) is 5.84. The normalized spacial score (nSPS) is 28.1. The number of carbonyl (C=O) groups excluding carboxylic acids is 2. The number of Topliss-reactive ketones (excluding diaryl/α,β-unsaturated/α-hetero) is 1. The fourth-order valence-corrected chi connectivity index (χ4v) is 5.84. The Bertz CT molecular complexity index is 982. The average molecular weight is 484 g/mol. The molecule has 1 saturated heterocycles. The van der Waals surface area contributed by atoms with Crippen LogP contribution in [-0.2, 0) is 19.1 Å². The van der Waals surface area contributed by atoms with Crippen LogP contribution in [0.15, 0.2) is 29.5 Å². The van der Waals surface area contributed by atoms with Gasteiger partial charge in [0, 0.05) is 13.2 Å². The standard InChI is InChI=1S/C28H37NO6/c1-3-5-14-34-22-13-12-18(16-23(22)32-4-2)25-24-26(30)20-10-6-7-11-21(20)35-27(24)28(31)29(25)17-19-9-8-15-33-19/h12-13,16,19-21,25H,3-11,14-15,17H2,1-2H3. The quantitative estimate of drug-likeness (QED) is 0.473. The molecular formula is C28H37NO6. The first kappa shape index (κ1) is 24.2. The number of rotatable bonds is 9. The zero-order chi connectivity index (χ0) is 24.4. The summed E-state index contributed by atoms with van der Waals surface area (Å²) in [6.07, 6.45) is 7.41. The predicted molar refractivity (Wildman–Crippen MR) is 130 cm³/mol. The molecular weight excluding hydrogens is 446 g/mol. The van der Waals surface area contributed by atoms with Crippen LogP contribution in [0.1, 0.15) is 76.8 Å². The van der Waals surface area contributed by atoms with Crippen molar-refractivity contribution in [2.45, 2.75) is 83.5 Å². The first-order chi connectivity index (χ1) is 17.1. The van der Waals surface area contributed by atoms with E-state index >= 15 is 0 Å². The summed E-state index contributed by atoms with van der Waals surface area (Å²) in [4.78, 5) is 29.3. The molecule has 5 rings (SSSR count). The van der Waals surface area contributed by atoms with E-state index in [1.807, 2.05) is 25.1 Å². The summed E-state index contributed by atoms with van der Waals surface area (Å²) in [5.74, 6) is 1.29. The Kier molecular flexibility index (Phi) is 7.32. The first-order valence-electron chi connectivity index (χ1n) is 13.4. The summed E-state index contributed by atoms with van der Waals surface area (Å²) in [5, 5.41) is 0. The molecule has 4 atom stereocenters.